The van der Waals surface area contributed by atoms with Gasteiger partial charge < -0.3 is 4.74 Å². The number of nitrogens with zero attached hydrogens (tertiary/aromatic N) is 2. The highest BCUT2D eigenvalue weighted by Gasteiger charge is 2.06. The largest absolute Gasteiger partial charge is 0.486 e. The van der Waals surface area contributed by atoms with Gasteiger partial charge in [-0.05, 0) is 48.9 Å². The van der Waals surface area contributed by atoms with Crippen LogP contribution in [0.1, 0.15) is 24.2 Å². The second-order valence-electron chi connectivity index (χ2n) is 3.68. The lowest BCUT2D eigenvalue weighted by atomic mass is 10.2. The van der Waals surface area contributed by atoms with Crippen LogP contribution in [-0.4, -0.2) is 4.98 Å². The van der Waals surface area contributed by atoms with Gasteiger partial charge in [0.25, 0.3) is 0 Å². The zero-order chi connectivity index (χ0) is 12.1. The summed E-state index contributed by atoms with van der Waals surface area (Å²) >= 11 is 0. The second-order valence-corrected chi connectivity index (χ2v) is 3.68. The molecule has 1 aromatic carbocycles. The minimum Gasteiger partial charge on any atom is -0.486 e. The van der Waals surface area contributed by atoms with E-state index >= 15 is 0 Å². The molecule has 1 unspecified atom stereocenters. The summed E-state index contributed by atoms with van der Waals surface area (Å²) in [5, 5.41) is 8.69. The molecule has 1 atom stereocenters. The van der Waals surface area contributed by atoms with E-state index in [1.54, 1.807) is 36.7 Å². The molecule has 0 N–H and O–H groups in total. The minimum absolute atomic E-state index is 0.0362. The maximum Gasteiger partial charge on any atom is 0.121 e. The molecule has 0 saturated heterocycles. The second kappa shape index (κ2) is 5.13. The van der Waals surface area contributed by atoms with Crippen LogP contribution in [0.2, 0.25) is 0 Å². The summed E-state index contributed by atoms with van der Waals surface area (Å²) in [5.41, 5.74) is 1.71. The van der Waals surface area contributed by atoms with E-state index in [0.717, 1.165) is 11.3 Å². The first kappa shape index (κ1) is 11.2. The Balaban J connectivity index is 2.08. The molecule has 84 valence electrons. The Bertz CT molecular complexity index is 514. The molecular formula is C14H12N2O. The fourth-order valence-electron chi connectivity index (χ4n) is 1.51. The molecule has 0 aliphatic carbocycles. The Morgan fingerprint density at radius 3 is 2.35 bits per heavy atom. The Morgan fingerprint density at radius 2 is 1.76 bits per heavy atom. The van der Waals surface area contributed by atoms with Gasteiger partial charge in [-0.1, -0.05) is 0 Å². The maximum absolute atomic E-state index is 8.69. The van der Waals surface area contributed by atoms with E-state index in [0.29, 0.717) is 5.56 Å². The van der Waals surface area contributed by atoms with Gasteiger partial charge in [-0.15, -0.1) is 0 Å². The first-order valence-corrected chi connectivity index (χ1v) is 5.36. The summed E-state index contributed by atoms with van der Waals surface area (Å²) in [7, 11) is 0. The van der Waals surface area contributed by atoms with E-state index < -0.39 is 0 Å². The van der Waals surface area contributed by atoms with Crippen molar-refractivity contribution in [3.8, 4) is 11.8 Å². The van der Waals surface area contributed by atoms with Crippen molar-refractivity contribution in [3.63, 3.8) is 0 Å². The summed E-state index contributed by atoms with van der Waals surface area (Å²) in [6, 6.07) is 13.0. The van der Waals surface area contributed by atoms with Crippen molar-refractivity contribution in [2.75, 3.05) is 0 Å². The SMILES string of the molecule is CC(Oc1ccc(C#N)cc1)c1ccncc1. The zero-order valence-electron chi connectivity index (χ0n) is 9.50. The molecule has 0 saturated carbocycles. The first-order valence-electron chi connectivity index (χ1n) is 5.36. The molecule has 0 bridgehead atoms. The fourth-order valence-corrected chi connectivity index (χ4v) is 1.51. The monoisotopic (exact) mass is 224 g/mol. The van der Waals surface area contributed by atoms with Gasteiger partial charge in [0.2, 0.25) is 0 Å². The summed E-state index contributed by atoms with van der Waals surface area (Å²) < 4.78 is 5.76. The van der Waals surface area contributed by atoms with E-state index in [1.807, 2.05) is 19.1 Å². The topological polar surface area (TPSA) is 45.9 Å². The van der Waals surface area contributed by atoms with Crippen molar-refractivity contribution in [2.45, 2.75) is 13.0 Å². The fraction of sp³-hybridized carbons (Fsp3) is 0.143. The van der Waals surface area contributed by atoms with Gasteiger partial charge in [0.15, 0.2) is 0 Å². The number of hydrogen-bond acceptors (Lipinski definition) is 3. The minimum atomic E-state index is -0.0362. The van der Waals surface area contributed by atoms with Crippen LogP contribution in [-0.2, 0) is 0 Å². The summed E-state index contributed by atoms with van der Waals surface area (Å²) in [6.45, 7) is 1.98. The number of benzene rings is 1. The highest BCUT2D eigenvalue weighted by Crippen LogP contribution is 2.21. The van der Waals surface area contributed by atoms with Crippen LogP contribution in [0.3, 0.4) is 0 Å². The van der Waals surface area contributed by atoms with Gasteiger partial charge in [-0.25, -0.2) is 0 Å². The average molecular weight is 224 g/mol. The van der Waals surface area contributed by atoms with Crippen LogP contribution >= 0.6 is 0 Å². The van der Waals surface area contributed by atoms with E-state index in [2.05, 4.69) is 11.1 Å². The van der Waals surface area contributed by atoms with E-state index in [9.17, 15) is 0 Å². The molecule has 0 aliphatic rings. The van der Waals surface area contributed by atoms with Gasteiger partial charge in [0.05, 0.1) is 11.6 Å². The molecule has 0 radical (unpaired) electrons. The van der Waals surface area contributed by atoms with Gasteiger partial charge in [-0.3, -0.25) is 4.98 Å². The molecule has 2 rings (SSSR count). The van der Waals surface area contributed by atoms with Crippen LogP contribution in [0.4, 0.5) is 0 Å². The lowest BCUT2D eigenvalue weighted by Crippen LogP contribution is -2.02. The van der Waals surface area contributed by atoms with Crippen molar-refractivity contribution >= 4 is 0 Å². The van der Waals surface area contributed by atoms with Crippen LogP contribution in [0, 0.1) is 11.3 Å². The predicted octanol–water partition coefficient (Wildman–Crippen LogP) is 3.09. The van der Waals surface area contributed by atoms with Gasteiger partial charge in [0, 0.05) is 12.4 Å². The molecular weight excluding hydrogens is 212 g/mol. The van der Waals surface area contributed by atoms with Crippen LogP contribution in [0.25, 0.3) is 0 Å². The molecule has 3 nitrogen and oxygen atoms in total. The molecule has 0 aliphatic heterocycles. The molecule has 1 heterocycles. The average Bonchev–Trinajstić information content (AvgIpc) is 2.40. The van der Waals surface area contributed by atoms with Crippen LogP contribution in [0.5, 0.6) is 5.75 Å². The summed E-state index contributed by atoms with van der Waals surface area (Å²) in [4.78, 5) is 3.97. The number of pyridine rings is 1. The number of rotatable bonds is 3. The molecule has 0 fully saturated rings. The lowest BCUT2D eigenvalue weighted by Gasteiger charge is -2.14. The summed E-state index contributed by atoms with van der Waals surface area (Å²) in [6.07, 6.45) is 3.45. The smallest absolute Gasteiger partial charge is 0.121 e. The van der Waals surface area contributed by atoms with E-state index in [4.69, 9.17) is 10.00 Å². The molecule has 0 amide bonds. The third-order valence-electron chi connectivity index (χ3n) is 2.47. The van der Waals surface area contributed by atoms with Gasteiger partial charge in [-0.2, -0.15) is 5.26 Å². The third kappa shape index (κ3) is 2.82. The highest BCUT2D eigenvalue weighted by molar-refractivity contribution is 5.34. The molecule has 3 heteroatoms. The quantitative estimate of drug-likeness (QED) is 0.804. The Labute approximate surface area is 100 Å². The molecule has 1 aromatic heterocycles. The lowest BCUT2D eigenvalue weighted by molar-refractivity contribution is 0.227. The Hall–Kier alpha value is -2.34. The van der Waals surface area contributed by atoms with Crippen molar-refractivity contribution in [1.82, 2.24) is 4.98 Å². The predicted molar refractivity (Wildman–Crippen MR) is 64.4 cm³/mol. The van der Waals surface area contributed by atoms with Crippen LogP contribution < -0.4 is 4.74 Å². The first-order chi connectivity index (χ1) is 8.29. The normalized spacial score (nSPS) is 11.5. The van der Waals surface area contributed by atoms with Crippen molar-refractivity contribution in [2.24, 2.45) is 0 Å². The molecule has 17 heavy (non-hydrogen) atoms. The Kier molecular flexibility index (Phi) is 3.37. The zero-order valence-corrected chi connectivity index (χ0v) is 9.50. The Morgan fingerprint density at radius 1 is 1.12 bits per heavy atom. The molecule has 0 spiro atoms. The van der Waals surface area contributed by atoms with Gasteiger partial charge >= 0.3 is 0 Å². The number of hydrogen-bond donors (Lipinski definition) is 0. The highest BCUT2D eigenvalue weighted by atomic mass is 16.5. The number of aromatic nitrogens is 1. The summed E-state index contributed by atoms with van der Waals surface area (Å²) in [5.74, 6) is 0.758. The van der Waals surface area contributed by atoms with Crippen molar-refractivity contribution in [1.29, 1.82) is 5.26 Å². The van der Waals surface area contributed by atoms with Crippen molar-refractivity contribution in [3.05, 3.63) is 59.9 Å². The third-order valence-corrected chi connectivity index (χ3v) is 2.47. The van der Waals surface area contributed by atoms with E-state index in [-0.39, 0.29) is 6.10 Å². The molecule has 2 aromatic rings. The van der Waals surface area contributed by atoms with E-state index in [1.165, 1.54) is 0 Å². The van der Waals surface area contributed by atoms with Gasteiger partial charge in [0.1, 0.15) is 11.9 Å². The standard InChI is InChI=1S/C14H12N2O/c1-11(13-6-8-16-9-7-13)17-14-4-2-12(10-15)3-5-14/h2-9,11H,1H3. The van der Waals surface area contributed by atoms with Crippen molar-refractivity contribution < 1.29 is 4.74 Å². The maximum atomic E-state index is 8.69. The number of nitriles is 1. The van der Waals surface area contributed by atoms with Crippen LogP contribution in [0.15, 0.2) is 48.8 Å². The number of ether oxygens (including phenoxy) is 1.